The van der Waals surface area contributed by atoms with E-state index in [9.17, 15) is 33.4 Å². The van der Waals surface area contributed by atoms with E-state index in [0.717, 1.165) is 26.9 Å². The van der Waals surface area contributed by atoms with Gasteiger partial charge in [-0.1, -0.05) is 13.1 Å². The highest BCUT2D eigenvalue weighted by molar-refractivity contribution is 6.33. The monoisotopic (exact) mass is 524 g/mol. The van der Waals surface area contributed by atoms with Gasteiger partial charge in [0.2, 0.25) is 5.91 Å². The number of amides is 2. The molecule has 0 aromatic carbocycles. The summed E-state index contributed by atoms with van der Waals surface area (Å²) in [7, 11) is 1.04. The van der Waals surface area contributed by atoms with Gasteiger partial charge >= 0.3 is 17.9 Å². The molecular weight excluding hydrogens is 485 g/mol. The number of hydrogen-bond acceptors (Lipinski definition) is 8. The van der Waals surface area contributed by atoms with E-state index in [1.807, 2.05) is 6.92 Å². The van der Waals surface area contributed by atoms with Crippen LogP contribution in [0.4, 0.5) is 13.6 Å². The lowest BCUT2D eigenvalue weighted by Crippen LogP contribution is -2.66. The number of carboxylic acids is 1. The molecule has 208 valence electrons. The van der Waals surface area contributed by atoms with E-state index in [4.69, 9.17) is 19.3 Å². The minimum atomic E-state index is -3.82. The summed E-state index contributed by atoms with van der Waals surface area (Å²) in [5, 5.41) is 33.8. The molecule has 1 aliphatic heterocycles. The van der Waals surface area contributed by atoms with Crippen molar-refractivity contribution in [1.29, 1.82) is 0 Å². The van der Waals surface area contributed by atoms with Gasteiger partial charge in [-0.2, -0.15) is 4.39 Å². The van der Waals surface area contributed by atoms with Crippen molar-refractivity contribution in [1.82, 2.24) is 10.6 Å². The predicted octanol–water partition coefficient (Wildman–Crippen LogP) is 0.683. The fraction of sp³-hybridized carbons (Fsp3) is 0.864. The zero-order valence-corrected chi connectivity index (χ0v) is 21.5. The van der Waals surface area contributed by atoms with E-state index >= 15 is 0 Å². The van der Waals surface area contributed by atoms with Crippen LogP contribution in [0.25, 0.3) is 0 Å². The molecule has 1 rings (SSSR count). The summed E-state index contributed by atoms with van der Waals surface area (Å²) in [6.07, 6.45) is -7.80. The van der Waals surface area contributed by atoms with Crippen molar-refractivity contribution in [2.45, 2.75) is 108 Å². The normalized spacial score (nSPS) is 26.9. The van der Waals surface area contributed by atoms with Crippen molar-refractivity contribution in [2.24, 2.45) is 0 Å². The van der Waals surface area contributed by atoms with E-state index in [1.165, 1.54) is 0 Å². The summed E-state index contributed by atoms with van der Waals surface area (Å²) >= 11 is 0. The maximum Gasteiger partial charge on any atom is 0.408 e. The highest BCUT2D eigenvalue weighted by atomic mass is 19.2. The molecule has 7 atom stereocenters. The first-order chi connectivity index (χ1) is 16.7. The van der Waals surface area contributed by atoms with Gasteiger partial charge in [-0.25, -0.2) is 14.0 Å². The largest absolute Gasteiger partial charge is 0.477 e. The maximum absolute atomic E-state index is 14.8. The molecule has 1 saturated heterocycles. The summed E-state index contributed by atoms with van der Waals surface area (Å²) in [5.41, 5.74) is -0.852. The lowest BCUT2D eigenvalue weighted by molar-refractivity contribution is -0.272. The van der Waals surface area contributed by atoms with Crippen LogP contribution in [-0.2, 0) is 23.8 Å². The Bertz CT molecular complexity index is 748. The molecule has 1 aliphatic rings. The number of aliphatic hydroxyl groups is 2. The molecule has 5 N–H and O–H groups in total. The van der Waals surface area contributed by atoms with Crippen molar-refractivity contribution in [3.63, 3.8) is 0 Å². The maximum atomic E-state index is 14.8. The first-order valence-electron chi connectivity index (χ1n) is 12.1. The molecule has 0 aromatic heterocycles. The summed E-state index contributed by atoms with van der Waals surface area (Å²) in [4.78, 5) is 35.6. The standard InChI is InChI=1S/C22H39BF2N2O9/c1-12(6-8-23-5)34-9-7-21(3,4)27-20(33)35-18(15(30)11-28)17-14(26-13(2)29)10-16(24)22(25,36-17)19(31)32/h12,14-18,23,28,30H,6-11H2,1-5H3,(H,26,29)(H,27,33)(H,31,32)/t12?,14-,15-,16+,17-,18-,22-/m1/s1. The smallest absolute Gasteiger partial charge is 0.408 e. The number of hydrogen-bond donors (Lipinski definition) is 5. The Labute approximate surface area is 210 Å². The van der Waals surface area contributed by atoms with Crippen molar-refractivity contribution < 1.29 is 52.7 Å². The van der Waals surface area contributed by atoms with Crippen LogP contribution in [-0.4, -0.2) is 102 Å². The predicted molar refractivity (Wildman–Crippen MR) is 127 cm³/mol. The number of carbonyl (C=O) groups is 3. The molecule has 14 heteroatoms. The van der Waals surface area contributed by atoms with Crippen molar-refractivity contribution >= 4 is 25.2 Å². The SMILES string of the molecule is CBCCC(C)OCCC(C)(C)NC(=O)O[C@@H]([C@@H]1O[C@@](F)(C(=O)O)[C@@H](F)C[C@H]1NC(C)=O)[C@H](O)CO. The molecule has 0 saturated carbocycles. The van der Waals surface area contributed by atoms with Crippen molar-refractivity contribution in [3.8, 4) is 0 Å². The van der Waals surface area contributed by atoms with Crippen LogP contribution in [0.2, 0.25) is 13.1 Å². The lowest BCUT2D eigenvalue weighted by Gasteiger charge is -2.43. The molecule has 36 heavy (non-hydrogen) atoms. The number of ether oxygens (including phenoxy) is 3. The minimum absolute atomic E-state index is 0.0421. The van der Waals surface area contributed by atoms with Gasteiger partial charge in [-0.3, -0.25) is 4.79 Å². The molecule has 0 aliphatic carbocycles. The molecule has 0 radical (unpaired) electrons. The molecule has 1 heterocycles. The van der Waals surface area contributed by atoms with E-state index in [-0.39, 0.29) is 6.10 Å². The summed E-state index contributed by atoms with van der Waals surface area (Å²) in [5.74, 6) is -6.77. The number of rotatable bonds is 14. The number of carbonyl (C=O) groups excluding carboxylic acids is 2. The Morgan fingerprint density at radius 1 is 1.33 bits per heavy atom. The summed E-state index contributed by atoms with van der Waals surface area (Å²) in [6, 6.07) is -1.37. The molecule has 1 fully saturated rings. The topological polar surface area (TPSA) is 164 Å². The molecule has 0 spiro atoms. The third kappa shape index (κ3) is 9.45. The second-order valence-electron chi connectivity index (χ2n) is 9.75. The number of halogens is 2. The van der Waals surface area contributed by atoms with Crippen LogP contribution in [0.1, 0.15) is 47.0 Å². The average Bonchev–Trinajstić information content (AvgIpc) is 2.77. The van der Waals surface area contributed by atoms with E-state index < -0.39 is 72.9 Å². The summed E-state index contributed by atoms with van der Waals surface area (Å²) in [6.45, 7) is 7.83. The van der Waals surface area contributed by atoms with Gasteiger partial charge in [0.15, 0.2) is 12.3 Å². The fourth-order valence-corrected chi connectivity index (χ4v) is 3.80. The van der Waals surface area contributed by atoms with Crippen LogP contribution in [0.5, 0.6) is 0 Å². The second kappa shape index (κ2) is 14.1. The minimum Gasteiger partial charge on any atom is -0.477 e. The Morgan fingerprint density at radius 3 is 2.50 bits per heavy atom. The molecule has 0 bridgehead atoms. The van der Waals surface area contributed by atoms with Crippen molar-refractivity contribution in [2.75, 3.05) is 13.2 Å². The van der Waals surface area contributed by atoms with Crippen LogP contribution >= 0.6 is 0 Å². The van der Waals surface area contributed by atoms with Gasteiger partial charge < -0.3 is 40.2 Å². The van der Waals surface area contributed by atoms with Crippen LogP contribution in [0.3, 0.4) is 0 Å². The lowest BCUT2D eigenvalue weighted by atomic mass is 9.76. The van der Waals surface area contributed by atoms with Gasteiger partial charge in [0.25, 0.3) is 0 Å². The van der Waals surface area contributed by atoms with Crippen molar-refractivity contribution in [3.05, 3.63) is 0 Å². The molecule has 0 aromatic rings. The quantitative estimate of drug-likeness (QED) is 0.206. The Kier molecular flexibility index (Phi) is 12.5. The molecule has 2 amide bonds. The third-order valence-corrected chi connectivity index (χ3v) is 5.92. The highest BCUT2D eigenvalue weighted by Crippen LogP contribution is 2.36. The van der Waals surface area contributed by atoms with Gasteiger partial charge in [0.1, 0.15) is 19.5 Å². The average molecular weight is 524 g/mol. The third-order valence-electron chi connectivity index (χ3n) is 5.92. The summed E-state index contributed by atoms with van der Waals surface area (Å²) < 4.78 is 45.0. The number of carboxylic acid groups (broad SMARTS) is 1. The first kappa shape index (κ1) is 32.0. The number of aliphatic carboxylic acids is 1. The second-order valence-corrected chi connectivity index (χ2v) is 9.75. The van der Waals surface area contributed by atoms with Crippen LogP contribution in [0.15, 0.2) is 0 Å². The van der Waals surface area contributed by atoms with Crippen LogP contribution in [0, 0.1) is 0 Å². The highest BCUT2D eigenvalue weighted by Gasteiger charge is 2.59. The Hall–Kier alpha value is -2.03. The van der Waals surface area contributed by atoms with Gasteiger partial charge in [0, 0.05) is 25.5 Å². The number of aliphatic hydroxyl groups excluding tert-OH is 2. The van der Waals surface area contributed by atoms with Gasteiger partial charge in [-0.15, -0.1) is 0 Å². The van der Waals surface area contributed by atoms with Gasteiger partial charge in [-0.05, 0) is 33.6 Å². The van der Waals surface area contributed by atoms with Crippen LogP contribution < -0.4 is 10.6 Å². The number of alkyl halides is 2. The Morgan fingerprint density at radius 2 is 1.97 bits per heavy atom. The molecule has 1 unspecified atom stereocenters. The zero-order chi connectivity index (χ0) is 27.7. The molecular formula is C22H39BF2N2O9. The zero-order valence-electron chi connectivity index (χ0n) is 21.5. The molecule has 11 nitrogen and oxygen atoms in total. The fourth-order valence-electron chi connectivity index (χ4n) is 3.80. The van der Waals surface area contributed by atoms with E-state index in [1.54, 1.807) is 13.8 Å². The van der Waals surface area contributed by atoms with E-state index in [2.05, 4.69) is 17.5 Å². The van der Waals surface area contributed by atoms with Gasteiger partial charge in [0.05, 0.1) is 18.8 Å². The first-order valence-corrected chi connectivity index (χ1v) is 12.1. The Balaban J connectivity index is 2.98. The number of nitrogens with one attached hydrogen (secondary N) is 2. The van der Waals surface area contributed by atoms with E-state index in [0.29, 0.717) is 13.0 Å². The number of alkyl carbamates (subject to hydrolysis) is 1.